The molecule has 3 fully saturated rings. The van der Waals surface area contributed by atoms with Gasteiger partial charge in [-0.15, -0.1) is 0 Å². The standard InChI is InChI=1S/C23H28N4O3/c1-14-11-18(14)27-13-17(12-21(27)29)24-23(30)16-7-9-26(10-8-16)20-6-5-15-3-2-4-19(28)22(15)25-20/h2-6,14,16-18,28H,7-13H2,1H3,(H,24,30). The molecule has 158 valence electrons. The van der Waals surface area contributed by atoms with E-state index in [9.17, 15) is 14.7 Å². The summed E-state index contributed by atoms with van der Waals surface area (Å²) in [5, 5.41) is 14.1. The maximum atomic E-state index is 12.8. The smallest absolute Gasteiger partial charge is 0.225 e. The molecule has 30 heavy (non-hydrogen) atoms. The van der Waals surface area contributed by atoms with Crippen molar-refractivity contribution in [2.75, 3.05) is 24.5 Å². The van der Waals surface area contributed by atoms with Gasteiger partial charge in [-0.3, -0.25) is 9.59 Å². The number of rotatable bonds is 4. The Balaban J connectivity index is 1.17. The number of carbonyl (C=O) groups is 2. The zero-order valence-electron chi connectivity index (χ0n) is 17.3. The molecule has 0 spiro atoms. The summed E-state index contributed by atoms with van der Waals surface area (Å²) in [6.45, 7) is 4.32. The Morgan fingerprint density at radius 1 is 1.20 bits per heavy atom. The Bertz CT molecular complexity index is 986. The van der Waals surface area contributed by atoms with E-state index in [2.05, 4.69) is 22.1 Å². The molecule has 3 atom stereocenters. The number of aromatic nitrogens is 1. The minimum Gasteiger partial charge on any atom is -0.506 e. The number of likely N-dealkylation sites (tertiary alicyclic amines) is 1. The summed E-state index contributed by atoms with van der Waals surface area (Å²) >= 11 is 0. The lowest BCUT2D eigenvalue weighted by Crippen LogP contribution is -2.45. The summed E-state index contributed by atoms with van der Waals surface area (Å²) in [4.78, 5) is 33.8. The van der Waals surface area contributed by atoms with Crippen LogP contribution in [0.4, 0.5) is 5.82 Å². The molecule has 1 aliphatic carbocycles. The van der Waals surface area contributed by atoms with Crippen molar-refractivity contribution >= 4 is 28.5 Å². The molecule has 3 unspecified atom stereocenters. The Kier molecular flexibility index (Phi) is 4.76. The quantitative estimate of drug-likeness (QED) is 0.811. The number of hydrogen-bond donors (Lipinski definition) is 2. The van der Waals surface area contributed by atoms with Crippen LogP contribution in [0.15, 0.2) is 30.3 Å². The van der Waals surface area contributed by atoms with Gasteiger partial charge < -0.3 is 20.2 Å². The van der Waals surface area contributed by atoms with Crippen LogP contribution in [0.5, 0.6) is 5.75 Å². The first-order valence-corrected chi connectivity index (χ1v) is 10.9. The number of nitrogens with zero attached hydrogens (tertiary/aromatic N) is 3. The molecule has 2 N–H and O–H groups in total. The van der Waals surface area contributed by atoms with E-state index >= 15 is 0 Å². The summed E-state index contributed by atoms with van der Waals surface area (Å²) < 4.78 is 0. The first-order valence-electron chi connectivity index (χ1n) is 10.9. The van der Waals surface area contributed by atoms with Gasteiger partial charge in [0, 0.05) is 43.4 Å². The number of piperidine rings is 1. The molecule has 2 aromatic rings. The van der Waals surface area contributed by atoms with Crippen LogP contribution in [0.25, 0.3) is 10.9 Å². The second-order valence-corrected chi connectivity index (χ2v) is 9.02. The second kappa shape index (κ2) is 7.45. The van der Waals surface area contributed by atoms with Gasteiger partial charge in [0.25, 0.3) is 0 Å². The second-order valence-electron chi connectivity index (χ2n) is 9.02. The largest absolute Gasteiger partial charge is 0.506 e. The van der Waals surface area contributed by atoms with Gasteiger partial charge in [-0.05, 0) is 43.4 Å². The fourth-order valence-corrected chi connectivity index (χ4v) is 4.87. The number of carbonyl (C=O) groups excluding carboxylic acids is 2. The predicted octanol–water partition coefficient (Wildman–Crippen LogP) is 2.28. The van der Waals surface area contributed by atoms with E-state index < -0.39 is 0 Å². The van der Waals surface area contributed by atoms with Crippen molar-refractivity contribution in [2.24, 2.45) is 11.8 Å². The lowest BCUT2D eigenvalue weighted by atomic mass is 9.95. The van der Waals surface area contributed by atoms with Crippen LogP contribution in [0, 0.1) is 11.8 Å². The molecule has 2 saturated heterocycles. The molecular formula is C23H28N4O3. The van der Waals surface area contributed by atoms with Crippen molar-refractivity contribution in [3.05, 3.63) is 30.3 Å². The molecule has 0 radical (unpaired) electrons. The molecule has 1 aromatic carbocycles. The van der Waals surface area contributed by atoms with Gasteiger partial charge in [-0.1, -0.05) is 19.1 Å². The number of phenols is 1. The number of phenolic OH excluding ortho intramolecular Hbond substituents is 1. The fourth-order valence-electron chi connectivity index (χ4n) is 4.87. The Labute approximate surface area is 176 Å². The van der Waals surface area contributed by atoms with Gasteiger partial charge in [0.2, 0.25) is 11.8 Å². The topological polar surface area (TPSA) is 85.8 Å². The zero-order chi connectivity index (χ0) is 20.8. The Morgan fingerprint density at radius 2 is 1.97 bits per heavy atom. The van der Waals surface area contributed by atoms with Crippen LogP contribution >= 0.6 is 0 Å². The van der Waals surface area contributed by atoms with Crippen LogP contribution in [0.1, 0.15) is 32.6 Å². The summed E-state index contributed by atoms with van der Waals surface area (Å²) in [6, 6.07) is 9.67. The van der Waals surface area contributed by atoms with E-state index in [1.165, 1.54) is 0 Å². The number of amides is 2. The maximum Gasteiger partial charge on any atom is 0.225 e. The molecule has 7 heteroatoms. The van der Waals surface area contributed by atoms with Crippen molar-refractivity contribution in [1.29, 1.82) is 0 Å². The van der Waals surface area contributed by atoms with Crippen molar-refractivity contribution in [2.45, 2.75) is 44.7 Å². The number of fused-ring (bicyclic) bond motifs is 1. The minimum atomic E-state index is -0.0547. The van der Waals surface area contributed by atoms with Crippen LogP contribution in [0.2, 0.25) is 0 Å². The molecule has 0 bridgehead atoms. The molecule has 3 aliphatic rings. The lowest BCUT2D eigenvalue weighted by Gasteiger charge is -2.32. The van der Waals surface area contributed by atoms with Gasteiger partial charge in [0.15, 0.2) is 0 Å². The highest BCUT2D eigenvalue weighted by atomic mass is 16.3. The van der Waals surface area contributed by atoms with E-state index in [0.29, 0.717) is 30.4 Å². The van der Waals surface area contributed by atoms with Crippen LogP contribution in [-0.2, 0) is 9.59 Å². The highest BCUT2D eigenvalue weighted by Gasteiger charge is 2.45. The molecule has 2 aliphatic heterocycles. The summed E-state index contributed by atoms with van der Waals surface area (Å²) in [5.74, 6) is 1.83. The fraction of sp³-hybridized carbons (Fsp3) is 0.522. The molecule has 7 nitrogen and oxygen atoms in total. The lowest BCUT2D eigenvalue weighted by molar-refractivity contribution is -0.128. The van der Waals surface area contributed by atoms with Crippen LogP contribution in [0.3, 0.4) is 0 Å². The van der Waals surface area contributed by atoms with Crippen LogP contribution in [-0.4, -0.2) is 58.5 Å². The first kappa shape index (κ1) is 19.2. The van der Waals surface area contributed by atoms with Crippen molar-refractivity contribution in [1.82, 2.24) is 15.2 Å². The number of hydrogen-bond acceptors (Lipinski definition) is 5. The number of para-hydroxylation sites is 1. The van der Waals surface area contributed by atoms with Gasteiger partial charge in [0.05, 0.1) is 6.04 Å². The molecule has 1 aromatic heterocycles. The molecule has 5 rings (SSSR count). The van der Waals surface area contributed by atoms with Gasteiger partial charge in [-0.2, -0.15) is 0 Å². The van der Waals surface area contributed by atoms with Gasteiger partial charge >= 0.3 is 0 Å². The predicted molar refractivity (Wildman–Crippen MR) is 114 cm³/mol. The Morgan fingerprint density at radius 3 is 2.70 bits per heavy atom. The van der Waals surface area contributed by atoms with E-state index in [1.54, 1.807) is 6.07 Å². The maximum absolute atomic E-state index is 12.8. The van der Waals surface area contributed by atoms with Crippen molar-refractivity contribution in [3.8, 4) is 5.75 Å². The van der Waals surface area contributed by atoms with E-state index in [4.69, 9.17) is 0 Å². The third-order valence-corrected chi connectivity index (χ3v) is 6.85. The van der Waals surface area contributed by atoms with Gasteiger partial charge in [-0.25, -0.2) is 4.98 Å². The van der Waals surface area contributed by atoms with Crippen molar-refractivity contribution in [3.63, 3.8) is 0 Å². The van der Waals surface area contributed by atoms with E-state index in [1.807, 2.05) is 29.2 Å². The molecule has 3 heterocycles. The number of nitrogens with one attached hydrogen (secondary N) is 1. The summed E-state index contributed by atoms with van der Waals surface area (Å²) in [5.41, 5.74) is 0.607. The SMILES string of the molecule is CC1CC1N1CC(NC(=O)C2CCN(c3ccc4cccc(O)c4n3)CC2)CC1=O. The number of aromatic hydroxyl groups is 1. The highest BCUT2D eigenvalue weighted by molar-refractivity contribution is 5.86. The van der Waals surface area contributed by atoms with Crippen LogP contribution < -0.4 is 10.2 Å². The van der Waals surface area contributed by atoms with E-state index in [0.717, 1.165) is 43.6 Å². The monoisotopic (exact) mass is 408 g/mol. The first-order chi connectivity index (χ1) is 14.5. The normalized spacial score (nSPS) is 27.0. The van der Waals surface area contributed by atoms with Gasteiger partial charge in [0.1, 0.15) is 17.1 Å². The average molecular weight is 409 g/mol. The molecule has 1 saturated carbocycles. The zero-order valence-corrected chi connectivity index (χ0v) is 17.3. The van der Waals surface area contributed by atoms with E-state index in [-0.39, 0.29) is 29.5 Å². The highest BCUT2D eigenvalue weighted by Crippen LogP contribution is 2.37. The average Bonchev–Trinajstić information content (AvgIpc) is 3.36. The van der Waals surface area contributed by atoms with Crippen molar-refractivity contribution < 1.29 is 14.7 Å². The summed E-state index contributed by atoms with van der Waals surface area (Å²) in [6.07, 6.45) is 3.04. The number of anilines is 1. The third kappa shape index (κ3) is 3.57. The Hall–Kier alpha value is -2.83. The summed E-state index contributed by atoms with van der Waals surface area (Å²) in [7, 11) is 0. The minimum absolute atomic E-state index is 0.0286. The molecular weight excluding hydrogens is 380 g/mol. The third-order valence-electron chi connectivity index (χ3n) is 6.85. The number of pyridine rings is 1. The molecule has 2 amide bonds. The number of benzene rings is 1.